The summed E-state index contributed by atoms with van der Waals surface area (Å²) in [6.07, 6.45) is 2.55. The lowest BCUT2D eigenvalue weighted by molar-refractivity contribution is 0.145. The summed E-state index contributed by atoms with van der Waals surface area (Å²) in [7, 11) is 0. The van der Waals surface area contributed by atoms with Crippen molar-refractivity contribution in [3.05, 3.63) is 0 Å². The molecule has 0 aromatic rings. The number of hydrogen-bond acceptors (Lipinski definition) is 3. The Kier molecular flexibility index (Phi) is 5.73. The molecule has 3 heteroatoms. The monoisotopic (exact) mass is 228 g/mol. The van der Waals surface area contributed by atoms with Gasteiger partial charge in [0.2, 0.25) is 0 Å². The first-order valence-electron chi connectivity index (χ1n) is 6.55. The smallest absolute Gasteiger partial charge is 0.0558 e. The first-order valence-corrected chi connectivity index (χ1v) is 6.55. The van der Waals surface area contributed by atoms with Crippen LogP contribution >= 0.6 is 0 Å². The number of rotatable bonds is 5. The van der Waals surface area contributed by atoms with Gasteiger partial charge >= 0.3 is 0 Å². The summed E-state index contributed by atoms with van der Waals surface area (Å²) < 4.78 is 0. The van der Waals surface area contributed by atoms with Crippen molar-refractivity contribution in [2.24, 2.45) is 11.3 Å². The Labute approximate surface area is 100 Å². The van der Waals surface area contributed by atoms with Gasteiger partial charge < -0.3 is 15.3 Å². The molecule has 1 fully saturated rings. The van der Waals surface area contributed by atoms with Gasteiger partial charge in [0.05, 0.1) is 6.61 Å². The number of hydrogen-bond donors (Lipinski definition) is 2. The van der Waals surface area contributed by atoms with Crippen LogP contribution in [0.15, 0.2) is 0 Å². The fraction of sp³-hybridized carbons (Fsp3) is 1.00. The van der Waals surface area contributed by atoms with Gasteiger partial charge in [-0.15, -0.1) is 0 Å². The quantitative estimate of drug-likeness (QED) is 0.745. The third-order valence-electron chi connectivity index (χ3n) is 3.21. The zero-order valence-corrected chi connectivity index (χ0v) is 11.1. The van der Waals surface area contributed by atoms with Crippen molar-refractivity contribution in [1.29, 1.82) is 0 Å². The van der Waals surface area contributed by atoms with Crippen LogP contribution in [0.25, 0.3) is 0 Å². The van der Waals surface area contributed by atoms with Gasteiger partial charge in [0, 0.05) is 6.54 Å². The molecule has 0 aromatic heterocycles. The van der Waals surface area contributed by atoms with Crippen molar-refractivity contribution >= 4 is 0 Å². The maximum absolute atomic E-state index is 8.86. The molecular weight excluding hydrogens is 200 g/mol. The van der Waals surface area contributed by atoms with Gasteiger partial charge in [-0.05, 0) is 50.4 Å². The Morgan fingerprint density at radius 3 is 2.38 bits per heavy atom. The number of nitrogens with one attached hydrogen (secondary N) is 1. The molecule has 0 aromatic carbocycles. The molecule has 0 atom stereocenters. The zero-order chi connectivity index (χ0) is 12.0. The molecule has 0 unspecified atom stereocenters. The molecule has 3 nitrogen and oxygen atoms in total. The summed E-state index contributed by atoms with van der Waals surface area (Å²) in [6, 6.07) is 0. The van der Waals surface area contributed by atoms with Crippen molar-refractivity contribution in [3.8, 4) is 0 Å². The number of aliphatic hydroxyl groups excluding tert-OH is 1. The second-order valence-corrected chi connectivity index (χ2v) is 6.20. The second-order valence-electron chi connectivity index (χ2n) is 6.20. The third kappa shape index (κ3) is 5.83. The summed E-state index contributed by atoms with van der Waals surface area (Å²) in [5.41, 5.74) is 0.386. The molecule has 1 rings (SSSR count). The van der Waals surface area contributed by atoms with E-state index in [2.05, 4.69) is 31.0 Å². The van der Waals surface area contributed by atoms with E-state index in [4.69, 9.17) is 5.11 Å². The van der Waals surface area contributed by atoms with Crippen LogP contribution < -0.4 is 5.32 Å². The van der Waals surface area contributed by atoms with Crippen LogP contribution in [0.5, 0.6) is 0 Å². The highest BCUT2D eigenvalue weighted by atomic mass is 16.3. The van der Waals surface area contributed by atoms with Gasteiger partial charge in [-0.25, -0.2) is 0 Å². The molecule has 2 N–H and O–H groups in total. The van der Waals surface area contributed by atoms with E-state index in [1.165, 1.54) is 12.8 Å². The van der Waals surface area contributed by atoms with Gasteiger partial charge in [-0.1, -0.05) is 20.8 Å². The number of piperidine rings is 1. The van der Waals surface area contributed by atoms with Gasteiger partial charge in [0.15, 0.2) is 0 Å². The summed E-state index contributed by atoms with van der Waals surface area (Å²) in [6.45, 7) is 12.5. The average Bonchev–Trinajstić information content (AvgIpc) is 2.19. The van der Waals surface area contributed by atoms with Crippen molar-refractivity contribution in [2.45, 2.75) is 33.6 Å². The van der Waals surface area contributed by atoms with E-state index < -0.39 is 0 Å². The molecule has 0 radical (unpaired) electrons. The molecule has 96 valence electrons. The standard InChI is InChI=1S/C13H28N2O/c1-13(2,3)11-14-10-12-4-6-15(7-5-12)8-9-16/h12,14,16H,4-11H2,1-3H3. The molecule has 0 aliphatic carbocycles. The molecule has 1 saturated heterocycles. The van der Waals surface area contributed by atoms with Crippen LogP contribution in [0, 0.1) is 11.3 Å². The average molecular weight is 228 g/mol. The first kappa shape index (κ1) is 13.9. The molecule has 1 aliphatic rings. The molecule has 0 spiro atoms. The number of β-amino-alcohol motifs (C(OH)–C–C–N with tert-alkyl or cyclic N) is 1. The largest absolute Gasteiger partial charge is 0.395 e. The summed E-state index contributed by atoms with van der Waals surface area (Å²) in [5, 5.41) is 12.4. The van der Waals surface area contributed by atoms with Gasteiger partial charge in [-0.3, -0.25) is 0 Å². The first-order chi connectivity index (χ1) is 7.51. The van der Waals surface area contributed by atoms with E-state index in [9.17, 15) is 0 Å². The Morgan fingerprint density at radius 2 is 1.88 bits per heavy atom. The molecule has 0 amide bonds. The predicted octanol–water partition coefficient (Wildman–Crippen LogP) is 1.33. The van der Waals surface area contributed by atoms with Crippen LogP contribution in [-0.2, 0) is 0 Å². The maximum Gasteiger partial charge on any atom is 0.0558 e. The number of nitrogens with zero attached hydrogens (tertiary/aromatic N) is 1. The SMILES string of the molecule is CC(C)(C)CNCC1CCN(CCO)CC1. The molecule has 16 heavy (non-hydrogen) atoms. The predicted molar refractivity (Wildman–Crippen MR) is 68.6 cm³/mol. The van der Waals surface area contributed by atoms with Crippen molar-refractivity contribution < 1.29 is 5.11 Å². The minimum atomic E-state index is 0.299. The fourth-order valence-electron chi connectivity index (χ4n) is 2.21. The summed E-state index contributed by atoms with van der Waals surface area (Å²) in [5.74, 6) is 0.831. The van der Waals surface area contributed by atoms with Crippen LogP contribution in [0.3, 0.4) is 0 Å². The van der Waals surface area contributed by atoms with E-state index >= 15 is 0 Å². The van der Waals surface area contributed by atoms with Crippen LogP contribution in [-0.4, -0.2) is 49.3 Å². The molecule has 0 bridgehead atoms. The van der Waals surface area contributed by atoms with Crippen molar-refractivity contribution in [1.82, 2.24) is 10.2 Å². The molecule has 1 aliphatic heterocycles. The summed E-state index contributed by atoms with van der Waals surface area (Å²) in [4.78, 5) is 2.36. The Balaban J connectivity index is 2.08. The Morgan fingerprint density at radius 1 is 1.25 bits per heavy atom. The third-order valence-corrected chi connectivity index (χ3v) is 3.21. The van der Waals surface area contributed by atoms with Crippen LogP contribution in [0.1, 0.15) is 33.6 Å². The highest BCUT2D eigenvalue weighted by molar-refractivity contribution is 4.75. The minimum absolute atomic E-state index is 0.299. The van der Waals surface area contributed by atoms with E-state index in [1.54, 1.807) is 0 Å². The minimum Gasteiger partial charge on any atom is -0.395 e. The zero-order valence-electron chi connectivity index (χ0n) is 11.1. The lowest BCUT2D eigenvalue weighted by Crippen LogP contribution is -2.39. The normalized spacial score (nSPS) is 20.2. The van der Waals surface area contributed by atoms with Gasteiger partial charge in [0.25, 0.3) is 0 Å². The van der Waals surface area contributed by atoms with E-state index in [1.807, 2.05) is 0 Å². The Hall–Kier alpha value is -0.120. The highest BCUT2D eigenvalue weighted by Crippen LogP contribution is 2.17. The van der Waals surface area contributed by atoms with Crippen molar-refractivity contribution in [3.63, 3.8) is 0 Å². The van der Waals surface area contributed by atoms with E-state index in [0.29, 0.717) is 12.0 Å². The van der Waals surface area contributed by atoms with E-state index in [-0.39, 0.29) is 0 Å². The van der Waals surface area contributed by atoms with Crippen LogP contribution in [0.2, 0.25) is 0 Å². The van der Waals surface area contributed by atoms with Gasteiger partial charge in [0.1, 0.15) is 0 Å². The summed E-state index contributed by atoms with van der Waals surface area (Å²) >= 11 is 0. The van der Waals surface area contributed by atoms with E-state index in [0.717, 1.165) is 38.6 Å². The van der Waals surface area contributed by atoms with Crippen molar-refractivity contribution in [2.75, 3.05) is 39.3 Å². The number of likely N-dealkylation sites (tertiary alicyclic amines) is 1. The lowest BCUT2D eigenvalue weighted by atomic mass is 9.94. The molecule has 1 heterocycles. The maximum atomic E-state index is 8.86. The second kappa shape index (κ2) is 6.58. The Bertz CT molecular complexity index is 181. The molecular formula is C13H28N2O. The highest BCUT2D eigenvalue weighted by Gasteiger charge is 2.19. The van der Waals surface area contributed by atoms with Gasteiger partial charge in [-0.2, -0.15) is 0 Å². The number of aliphatic hydroxyl groups is 1. The topological polar surface area (TPSA) is 35.5 Å². The van der Waals surface area contributed by atoms with Crippen LogP contribution in [0.4, 0.5) is 0 Å². The fourth-order valence-corrected chi connectivity index (χ4v) is 2.21. The lowest BCUT2D eigenvalue weighted by Gasteiger charge is -2.32. The molecule has 0 saturated carbocycles.